The van der Waals surface area contributed by atoms with Crippen molar-refractivity contribution < 1.29 is 4.79 Å². The summed E-state index contributed by atoms with van der Waals surface area (Å²) < 4.78 is 1.91. The Morgan fingerprint density at radius 1 is 1.19 bits per heavy atom. The third-order valence-electron chi connectivity index (χ3n) is 5.81. The van der Waals surface area contributed by atoms with Gasteiger partial charge in [-0.3, -0.25) is 9.48 Å². The number of carbonyl (C=O) groups excluding carboxylic acids is 1. The number of carbonyl (C=O) groups is 1. The third kappa shape index (κ3) is 2.30. The average molecular weight is 369 g/mol. The maximum absolute atomic E-state index is 13.2. The van der Waals surface area contributed by atoms with Gasteiger partial charge in [0.1, 0.15) is 0 Å². The zero-order chi connectivity index (χ0) is 17.8. The van der Waals surface area contributed by atoms with E-state index in [0.29, 0.717) is 18.8 Å². The lowest BCUT2D eigenvalue weighted by atomic mass is 9.95. The van der Waals surface area contributed by atoms with Crippen LogP contribution in [0, 0.1) is 0 Å². The molecule has 2 aliphatic rings. The van der Waals surface area contributed by atoms with E-state index in [1.54, 1.807) is 0 Å². The molecule has 3 heterocycles. The minimum atomic E-state index is 0.0609. The number of hydrogen-bond donors (Lipinski definition) is 1. The molecule has 1 aliphatic heterocycles. The number of nitrogens with zero attached hydrogens (tertiary/aromatic N) is 3. The molecular formula is C20H21ClN4O. The van der Waals surface area contributed by atoms with Gasteiger partial charge in [0.25, 0.3) is 5.91 Å². The highest BCUT2D eigenvalue weighted by Gasteiger charge is 2.30. The molecule has 2 aromatic heterocycles. The van der Waals surface area contributed by atoms with Crippen LogP contribution in [0.3, 0.4) is 0 Å². The number of nitrogens with one attached hydrogen (secondary N) is 1. The lowest BCUT2D eigenvalue weighted by Crippen LogP contribution is -2.36. The Kier molecular flexibility index (Phi) is 3.60. The smallest absolute Gasteiger partial charge is 0.274 e. The number of hydrogen-bond acceptors (Lipinski definition) is 2. The fourth-order valence-electron chi connectivity index (χ4n) is 4.47. The third-order valence-corrected chi connectivity index (χ3v) is 6.13. The van der Waals surface area contributed by atoms with E-state index in [-0.39, 0.29) is 5.91 Å². The van der Waals surface area contributed by atoms with Gasteiger partial charge in [0, 0.05) is 54.5 Å². The molecule has 26 heavy (non-hydrogen) atoms. The molecule has 0 spiro atoms. The average Bonchev–Trinajstić information content (AvgIpc) is 3.20. The van der Waals surface area contributed by atoms with Crippen molar-refractivity contribution in [1.82, 2.24) is 19.7 Å². The van der Waals surface area contributed by atoms with E-state index >= 15 is 0 Å². The zero-order valence-electron chi connectivity index (χ0n) is 14.8. The Morgan fingerprint density at radius 3 is 2.92 bits per heavy atom. The van der Waals surface area contributed by atoms with Crippen molar-refractivity contribution in [3.8, 4) is 0 Å². The first-order chi connectivity index (χ1) is 12.6. The first-order valence-corrected chi connectivity index (χ1v) is 9.63. The second-order valence-electron chi connectivity index (χ2n) is 7.33. The molecule has 5 rings (SSSR count). The van der Waals surface area contributed by atoms with Crippen molar-refractivity contribution in [2.24, 2.45) is 7.05 Å². The summed E-state index contributed by atoms with van der Waals surface area (Å²) in [6, 6.07) is 5.94. The molecule has 1 amide bonds. The molecule has 1 aromatic carbocycles. The topological polar surface area (TPSA) is 53.9 Å². The van der Waals surface area contributed by atoms with Crippen molar-refractivity contribution in [2.75, 3.05) is 6.54 Å². The summed E-state index contributed by atoms with van der Waals surface area (Å²) in [5, 5.41) is 6.43. The Bertz CT molecular complexity index is 1030. The second kappa shape index (κ2) is 5.88. The second-order valence-corrected chi connectivity index (χ2v) is 7.73. The van der Waals surface area contributed by atoms with Crippen LogP contribution in [0.5, 0.6) is 0 Å². The molecule has 1 N–H and O–H groups in total. The predicted octanol–water partition coefficient (Wildman–Crippen LogP) is 3.63. The quantitative estimate of drug-likeness (QED) is 0.713. The van der Waals surface area contributed by atoms with Crippen molar-refractivity contribution in [1.29, 1.82) is 0 Å². The summed E-state index contributed by atoms with van der Waals surface area (Å²) in [5.41, 5.74) is 6.41. The van der Waals surface area contributed by atoms with Crippen molar-refractivity contribution in [3.63, 3.8) is 0 Å². The van der Waals surface area contributed by atoms with E-state index in [4.69, 9.17) is 11.6 Å². The number of H-pyrrole nitrogens is 1. The Hall–Kier alpha value is -2.27. The molecule has 0 saturated carbocycles. The van der Waals surface area contributed by atoms with Crippen LogP contribution in [0.25, 0.3) is 10.9 Å². The number of halogens is 1. The Labute approximate surface area is 156 Å². The standard InChI is InChI=1S/C20H21ClN4O/c1-24-17-8-3-2-5-13(17)19(23-24)20(26)25-10-9-16-14(11-25)12-6-4-7-15(21)18(12)22-16/h4,6-7,22H,2-3,5,8-11H2,1H3. The molecule has 0 bridgehead atoms. The van der Waals surface area contributed by atoms with Gasteiger partial charge in [0.15, 0.2) is 5.69 Å². The molecule has 0 saturated heterocycles. The number of benzene rings is 1. The van der Waals surface area contributed by atoms with Crippen LogP contribution in [0.4, 0.5) is 0 Å². The molecule has 1 aliphatic carbocycles. The number of amides is 1. The number of para-hydroxylation sites is 1. The predicted molar refractivity (Wildman–Crippen MR) is 102 cm³/mol. The number of aryl methyl sites for hydroxylation is 1. The Balaban J connectivity index is 1.51. The Morgan fingerprint density at radius 2 is 2.04 bits per heavy atom. The van der Waals surface area contributed by atoms with E-state index in [2.05, 4.69) is 16.1 Å². The van der Waals surface area contributed by atoms with E-state index in [0.717, 1.165) is 47.2 Å². The maximum atomic E-state index is 13.2. The van der Waals surface area contributed by atoms with E-state index in [1.165, 1.54) is 23.4 Å². The number of aromatic amines is 1. The van der Waals surface area contributed by atoms with Gasteiger partial charge in [-0.05, 0) is 31.7 Å². The fraction of sp³-hybridized carbons (Fsp3) is 0.400. The largest absolute Gasteiger partial charge is 0.357 e. The van der Waals surface area contributed by atoms with Crippen LogP contribution < -0.4 is 0 Å². The SMILES string of the molecule is Cn1nc(C(=O)N2CCc3[nH]c4c(Cl)cccc4c3C2)c2c1CCCC2. The summed E-state index contributed by atoms with van der Waals surface area (Å²) in [6.07, 6.45) is 5.14. The van der Waals surface area contributed by atoms with Crippen LogP contribution in [0.2, 0.25) is 5.02 Å². The van der Waals surface area contributed by atoms with Crippen LogP contribution in [-0.2, 0) is 32.9 Å². The summed E-state index contributed by atoms with van der Waals surface area (Å²) in [6.45, 7) is 1.32. The normalized spacial score (nSPS) is 16.6. The van der Waals surface area contributed by atoms with Gasteiger partial charge in [-0.2, -0.15) is 5.10 Å². The van der Waals surface area contributed by atoms with Crippen LogP contribution in [0.1, 0.15) is 45.8 Å². The van der Waals surface area contributed by atoms with Gasteiger partial charge in [-0.15, -0.1) is 0 Å². The number of fused-ring (bicyclic) bond motifs is 4. The highest BCUT2D eigenvalue weighted by molar-refractivity contribution is 6.35. The van der Waals surface area contributed by atoms with E-state index in [1.807, 2.05) is 28.8 Å². The van der Waals surface area contributed by atoms with Crippen molar-refractivity contribution >= 4 is 28.4 Å². The van der Waals surface area contributed by atoms with E-state index < -0.39 is 0 Å². The highest BCUT2D eigenvalue weighted by atomic mass is 35.5. The van der Waals surface area contributed by atoms with Gasteiger partial charge in [0.2, 0.25) is 0 Å². The molecular weight excluding hydrogens is 348 g/mol. The van der Waals surface area contributed by atoms with Crippen LogP contribution in [-0.4, -0.2) is 32.1 Å². The number of aromatic nitrogens is 3. The lowest BCUT2D eigenvalue weighted by molar-refractivity contribution is 0.0727. The molecule has 5 nitrogen and oxygen atoms in total. The molecule has 0 unspecified atom stereocenters. The highest BCUT2D eigenvalue weighted by Crippen LogP contribution is 2.32. The summed E-state index contributed by atoms with van der Waals surface area (Å²) in [4.78, 5) is 18.6. The molecule has 0 atom stereocenters. The molecule has 3 aromatic rings. The molecule has 0 radical (unpaired) electrons. The first kappa shape index (κ1) is 15.9. The van der Waals surface area contributed by atoms with Crippen LogP contribution >= 0.6 is 11.6 Å². The summed E-state index contributed by atoms with van der Waals surface area (Å²) >= 11 is 6.33. The van der Waals surface area contributed by atoms with Crippen molar-refractivity contribution in [3.05, 3.63) is 51.4 Å². The molecule has 0 fully saturated rings. The monoisotopic (exact) mass is 368 g/mol. The number of rotatable bonds is 1. The van der Waals surface area contributed by atoms with Crippen LogP contribution in [0.15, 0.2) is 18.2 Å². The minimum Gasteiger partial charge on any atom is -0.357 e. The van der Waals surface area contributed by atoms with Gasteiger partial charge in [-0.25, -0.2) is 0 Å². The van der Waals surface area contributed by atoms with Gasteiger partial charge in [-0.1, -0.05) is 23.7 Å². The van der Waals surface area contributed by atoms with Gasteiger partial charge in [0.05, 0.1) is 10.5 Å². The van der Waals surface area contributed by atoms with Gasteiger partial charge < -0.3 is 9.88 Å². The minimum absolute atomic E-state index is 0.0609. The van der Waals surface area contributed by atoms with Crippen molar-refractivity contribution in [2.45, 2.75) is 38.6 Å². The summed E-state index contributed by atoms with van der Waals surface area (Å²) in [7, 11) is 1.96. The first-order valence-electron chi connectivity index (χ1n) is 9.25. The molecule has 6 heteroatoms. The van der Waals surface area contributed by atoms with Gasteiger partial charge >= 0.3 is 0 Å². The lowest BCUT2D eigenvalue weighted by Gasteiger charge is -2.27. The molecule has 134 valence electrons. The summed E-state index contributed by atoms with van der Waals surface area (Å²) in [5.74, 6) is 0.0609. The maximum Gasteiger partial charge on any atom is 0.274 e. The van der Waals surface area contributed by atoms with E-state index in [9.17, 15) is 4.79 Å². The fourth-order valence-corrected chi connectivity index (χ4v) is 4.69. The zero-order valence-corrected chi connectivity index (χ0v) is 15.6.